The number of thiocarbonyl (C=S) groups is 1. The largest absolute Gasteiger partial charge is 0.375 e. The van der Waals surface area contributed by atoms with Gasteiger partial charge in [-0.3, -0.25) is 5.43 Å². The van der Waals surface area contributed by atoms with Gasteiger partial charge in [-0.25, -0.2) is 5.43 Å². The average Bonchev–Trinajstić information content (AvgIpc) is 2.41. The fraction of sp³-hybridized carbons (Fsp3) is 0.750. The molecule has 0 saturated heterocycles. The van der Waals surface area contributed by atoms with E-state index in [4.69, 9.17) is 5.73 Å². The molecule has 1 fully saturated rings. The van der Waals surface area contributed by atoms with Gasteiger partial charge in [-0.1, -0.05) is 0 Å². The van der Waals surface area contributed by atoms with Crippen molar-refractivity contribution in [2.24, 2.45) is 5.73 Å². The van der Waals surface area contributed by atoms with Gasteiger partial charge in [-0.15, -0.1) is 0 Å². The lowest BCUT2D eigenvalue weighted by Gasteiger charge is -2.01. The number of nitrogens with one attached hydrogen (secondary N) is 2. The number of hydrazine groups is 1. The Morgan fingerprint density at radius 2 is 2.25 bits per heavy atom. The molecule has 4 heteroatoms. The number of nitrogens with two attached hydrogens (primary N) is 1. The molecule has 1 rings (SSSR count). The predicted molar refractivity (Wildman–Crippen MR) is 36.1 cm³/mol. The number of rotatable bonds is 2. The average molecular weight is 131 g/mol. The SMILES string of the molecule is NC(=S)NNC1CC1. The summed E-state index contributed by atoms with van der Waals surface area (Å²) in [6.07, 6.45) is 2.46. The molecule has 0 radical (unpaired) electrons. The summed E-state index contributed by atoms with van der Waals surface area (Å²) in [4.78, 5) is 0. The minimum Gasteiger partial charge on any atom is -0.375 e. The van der Waals surface area contributed by atoms with Gasteiger partial charge in [0.1, 0.15) is 0 Å². The van der Waals surface area contributed by atoms with Gasteiger partial charge in [-0.2, -0.15) is 0 Å². The third-order valence-electron chi connectivity index (χ3n) is 0.977. The Bertz CT molecular complexity index is 99.5. The molecule has 0 aromatic rings. The maximum absolute atomic E-state index is 5.13. The van der Waals surface area contributed by atoms with Crippen LogP contribution in [0, 0.1) is 0 Å². The van der Waals surface area contributed by atoms with Crippen molar-refractivity contribution in [2.45, 2.75) is 18.9 Å². The van der Waals surface area contributed by atoms with Gasteiger partial charge >= 0.3 is 0 Å². The van der Waals surface area contributed by atoms with E-state index in [9.17, 15) is 0 Å². The summed E-state index contributed by atoms with van der Waals surface area (Å²) < 4.78 is 0. The van der Waals surface area contributed by atoms with E-state index in [1.807, 2.05) is 0 Å². The third-order valence-corrected chi connectivity index (χ3v) is 1.08. The van der Waals surface area contributed by atoms with Crippen molar-refractivity contribution in [3.8, 4) is 0 Å². The van der Waals surface area contributed by atoms with Crippen LogP contribution in [0.15, 0.2) is 0 Å². The summed E-state index contributed by atoms with van der Waals surface area (Å²) in [7, 11) is 0. The molecule has 0 bridgehead atoms. The van der Waals surface area contributed by atoms with E-state index in [1.54, 1.807) is 0 Å². The molecule has 0 aliphatic heterocycles. The lowest BCUT2D eigenvalue weighted by atomic mass is 10.8. The Balaban J connectivity index is 1.95. The van der Waals surface area contributed by atoms with Crippen LogP contribution >= 0.6 is 12.2 Å². The van der Waals surface area contributed by atoms with E-state index in [0.717, 1.165) is 0 Å². The maximum Gasteiger partial charge on any atom is 0.178 e. The van der Waals surface area contributed by atoms with Crippen molar-refractivity contribution in [3.63, 3.8) is 0 Å². The van der Waals surface area contributed by atoms with Crippen LogP contribution in [0.5, 0.6) is 0 Å². The monoisotopic (exact) mass is 131 g/mol. The Kier molecular flexibility index (Phi) is 1.65. The summed E-state index contributed by atoms with van der Waals surface area (Å²) in [5, 5.41) is 0.317. The first-order chi connectivity index (χ1) is 3.79. The first-order valence-corrected chi connectivity index (χ1v) is 3.01. The van der Waals surface area contributed by atoms with Crippen LogP contribution in [0.25, 0.3) is 0 Å². The molecule has 3 nitrogen and oxygen atoms in total. The zero-order chi connectivity index (χ0) is 5.98. The van der Waals surface area contributed by atoms with E-state index in [2.05, 4.69) is 23.1 Å². The molecular formula is C4H9N3S. The molecule has 1 aliphatic carbocycles. The van der Waals surface area contributed by atoms with Gasteiger partial charge < -0.3 is 5.73 Å². The second-order valence-electron chi connectivity index (χ2n) is 1.91. The lowest BCUT2D eigenvalue weighted by Crippen LogP contribution is -2.41. The minimum absolute atomic E-state index is 0.317. The van der Waals surface area contributed by atoms with Gasteiger partial charge in [0.25, 0.3) is 0 Å². The van der Waals surface area contributed by atoms with Crippen molar-refractivity contribution in [1.82, 2.24) is 10.9 Å². The molecule has 8 heavy (non-hydrogen) atoms. The smallest absolute Gasteiger partial charge is 0.178 e. The molecule has 0 atom stereocenters. The van der Waals surface area contributed by atoms with Crippen molar-refractivity contribution < 1.29 is 0 Å². The summed E-state index contributed by atoms with van der Waals surface area (Å²) >= 11 is 4.55. The Morgan fingerprint density at radius 3 is 2.62 bits per heavy atom. The lowest BCUT2D eigenvalue weighted by molar-refractivity contribution is 0.650. The maximum atomic E-state index is 5.13. The molecular weight excluding hydrogens is 122 g/mol. The molecule has 4 N–H and O–H groups in total. The Labute approximate surface area is 53.6 Å². The van der Waals surface area contributed by atoms with E-state index in [-0.39, 0.29) is 0 Å². The molecule has 0 unspecified atom stereocenters. The molecule has 0 spiro atoms. The molecule has 0 heterocycles. The first kappa shape index (κ1) is 5.78. The van der Waals surface area contributed by atoms with E-state index in [1.165, 1.54) is 12.8 Å². The second-order valence-corrected chi connectivity index (χ2v) is 2.35. The Morgan fingerprint density at radius 1 is 1.62 bits per heavy atom. The second kappa shape index (κ2) is 2.28. The van der Waals surface area contributed by atoms with E-state index in [0.29, 0.717) is 11.2 Å². The van der Waals surface area contributed by atoms with Gasteiger partial charge in [0, 0.05) is 6.04 Å². The minimum atomic E-state index is 0.317. The highest BCUT2D eigenvalue weighted by Crippen LogP contribution is 2.17. The standard InChI is InChI=1S/C4H9N3S/c5-4(8)7-6-3-1-2-3/h3,6H,1-2H2,(H3,5,7,8). The van der Waals surface area contributed by atoms with Crippen LogP contribution < -0.4 is 16.6 Å². The zero-order valence-electron chi connectivity index (χ0n) is 4.48. The van der Waals surface area contributed by atoms with Crippen LogP contribution in [-0.4, -0.2) is 11.2 Å². The van der Waals surface area contributed by atoms with Crippen LogP contribution in [0.1, 0.15) is 12.8 Å². The highest BCUT2D eigenvalue weighted by Gasteiger charge is 2.19. The highest BCUT2D eigenvalue weighted by molar-refractivity contribution is 7.80. The predicted octanol–water partition coefficient (Wildman–Crippen LogP) is -0.513. The van der Waals surface area contributed by atoms with Gasteiger partial charge in [0.05, 0.1) is 0 Å². The van der Waals surface area contributed by atoms with Crippen molar-refractivity contribution in [2.75, 3.05) is 0 Å². The number of hydrogen-bond donors (Lipinski definition) is 3. The first-order valence-electron chi connectivity index (χ1n) is 2.60. The molecule has 0 aromatic heterocycles. The summed E-state index contributed by atoms with van der Waals surface area (Å²) in [5.74, 6) is 0. The van der Waals surface area contributed by atoms with Crippen molar-refractivity contribution in [3.05, 3.63) is 0 Å². The fourth-order valence-electron chi connectivity index (χ4n) is 0.401. The van der Waals surface area contributed by atoms with Crippen molar-refractivity contribution >= 4 is 17.3 Å². The summed E-state index contributed by atoms with van der Waals surface area (Å²) in [6, 6.07) is 0.608. The summed E-state index contributed by atoms with van der Waals surface area (Å²) in [6.45, 7) is 0. The van der Waals surface area contributed by atoms with Crippen LogP contribution in [0.3, 0.4) is 0 Å². The van der Waals surface area contributed by atoms with Crippen LogP contribution in [-0.2, 0) is 0 Å². The van der Waals surface area contributed by atoms with Crippen LogP contribution in [0.2, 0.25) is 0 Å². The van der Waals surface area contributed by atoms with Crippen molar-refractivity contribution in [1.29, 1.82) is 0 Å². The highest BCUT2D eigenvalue weighted by atomic mass is 32.1. The van der Waals surface area contributed by atoms with Gasteiger partial charge in [-0.05, 0) is 25.1 Å². The Hall–Kier alpha value is -0.350. The third kappa shape index (κ3) is 2.09. The van der Waals surface area contributed by atoms with E-state index < -0.39 is 0 Å². The van der Waals surface area contributed by atoms with Gasteiger partial charge in [0.2, 0.25) is 0 Å². The summed E-state index contributed by atoms with van der Waals surface area (Å²) in [5.41, 5.74) is 10.7. The molecule has 1 saturated carbocycles. The normalized spacial score (nSPS) is 18.0. The number of hydrogen-bond acceptors (Lipinski definition) is 2. The fourth-order valence-corrected chi connectivity index (χ4v) is 0.460. The topological polar surface area (TPSA) is 50.1 Å². The van der Waals surface area contributed by atoms with Gasteiger partial charge in [0.15, 0.2) is 5.11 Å². The van der Waals surface area contributed by atoms with Crippen LogP contribution in [0.4, 0.5) is 0 Å². The molecule has 1 aliphatic rings. The zero-order valence-corrected chi connectivity index (χ0v) is 5.29. The van der Waals surface area contributed by atoms with E-state index >= 15 is 0 Å². The molecule has 0 amide bonds. The molecule has 46 valence electrons. The quantitative estimate of drug-likeness (QED) is 0.349. The molecule has 0 aromatic carbocycles.